The molecule has 0 aliphatic carbocycles. The molecule has 43 heavy (non-hydrogen) atoms. The third-order valence-electron chi connectivity index (χ3n) is 5.52. The first-order valence-corrected chi connectivity index (χ1v) is 17.7. The normalized spacial score (nSPS) is 12.4. The van der Waals surface area contributed by atoms with Crippen LogP contribution in [0.3, 0.4) is 0 Å². The Morgan fingerprint density at radius 3 is 2.05 bits per heavy atom. The molecule has 2 N–H and O–H groups in total. The maximum atomic E-state index is 12.6. The van der Waals surface area contributed by atoms with Crippen molar-refractivity contribution < 1.29 is 35.9 Å². The third kappa shape index (κ3) is 15.1. The predicted octanol–water partition coefficient (Wildman–Crippen LogP) is 6.99. The second-order valence-electron chi connectivity index (χ2n) is 9.50. The number of hydrogen-bond donors (Lipinski definition) is 2. The Bertz CT molecular complexity index is 1470. The first-order chi connectivity index (χ1) is 18.7. The maximum Gasteiger partial charge on any atom is 0.442 e. The average Bonchev–Trinajstić information content (AvgIpc) is 2.85. The Morgan fingerprint density at radius 1 is 0.930 bits per heavy atom. The van der Waals surface area contributed by atoms with E-state index in [2.05, 4.69) is 39.0 Å². The Balaban J connectivity index is 0.00000588. The number of hydrogen-bond acceptors (Lipinski definition) is 6. The van der Waals surface area contributed by atoms with Gasteiger partial charge in [-0.2, -0.15) is 20.5 Å². The first kappa shape index (κ1) is 43.9. The van der Waals surface area contributed by atoms with E-state index in [-0.39, 0.29) is 94.4 Å². The van der Waals surface area contributed by atoms with Crippen molar-refractivity contribution in [3.8, 4) is 22.6 Å². The van der Waals surface area contributed by atoms with Crippen molar-refractivity contribution >= 4 is 140 Å². The van der Waals surface area contributed by atoms with Crippen LogP contribution in [0.5, 0.6) is 11.5 Å². The summed E-state index contributed by atoms with van der Waals surface area (Å²) in [6.45, 7) is 4.67. The van der Waals surface area contributed by atoms with Gasteiger partial charge in [0.1, 0.15) is 11.5 Å². The number of ether oxygens (including phenoxy) is 1. The van der Waals surface area contributed by atoms with Gasteiger partial charge in [0.05, 0.1) is 23.0 Å². The second-order valence-corrected chi connectivity index (χ2v) is 14.8. The van der Waals surface area contributed by atoms with Crippen molar-refractivity contribution in [3.05, 3.63) is 76.3 Å². The Kier molecular flexibility index (Phi) is 20.7. The molecule has 0 saturated heterocycles. The molecule has 3 rings (SSSR count). The number of thioether (sulfide) groups is 1. The molecule has 3 aromatic carbocycles. The number of alkyl halides is 2. The molecule has 0 aromatic heterocycles. The summed E-state index contributed by atoms with van der Waals surface area (Å²) in [7, 11) is -8.54. The molecule has 0 aliphatic rings. The smallest absolute Gasteiger partial charge is 0.442 e. The molecule has 7 nitrogen and oxygen atoms in total. The monoisotopic (exact) mass is 746 g/mol. The molecule has 0 amide bonds. The minimum atomic E-state index is -5.04. The molecule has 1 unspecified atom stereocenters. The van der Waals surface area contributed by atoms with E-state index in [1.807, 2.05) is 30.3 Å². The van der Waals surface area contributed by atoms with Gasteiger partial charge >= 0.3 is 13.8 Å². The quantitative estimate of drug-likeness (QED) is 0.136. The van der Waals surface area contributed by atoms with E-state index in [0.29, 0.717) is 39.9 Å². The number of benzene rings is 3. The molecular weight excluding hydrogens is 716 g/mol. The predicted molar refractivity (Wildman–Crippen MR) is 178 cm³/mol. The molecule has 0 saturated carbocycles. The van der Waals surface area contributed by atoms with E-state index < -0.39 is 23.8 Å². The number of sulfonamides is 1. The number of nitrogens with one attached hydrogen (secondary N) is 1. The maximum absolute atomic E-state index is 12.6. The Labute approximate surface area is 331 Å². The van der Waals surface area contributed by atoms with Crippen LogP contribution in [0.2, 0.25) is 0 Å². The van der Waals surface area contributed by atoms with E-state index in [0.717, 1.165) is 34.9 Å². The van der Waals surface area contributed by atoms with Crippen LogP contribution in [0.4, 0.5) is 14.5 Å². The molecular formula is C27H31BrF2NNa3O6PS2. The summed E-state index contributed by atoms with van der Waals surface area (Å²) in [6.07, 6.45) is -1.53. The van der Waals surface area contributed by atoms with Crippen LogP contribution in [0.1, 0.15) is 31.4 Å². The SMILES string of the molecule is CC(C)CCOc1ccc(-c2ccc(CSCc3ccc(OP(=O)(O)C(F)F)c(Br)c3)cc2)cc1NS(C)(=O)=O.[Na].[Na].[Na]. The number of anilines is 1. The molecule has 1 atom stereocenters. The molecule has 0 spiro atoms. The summed E-state index contributed by atoms with van der Waals surface area (Å²) in [4.78, 5) is 9.24. The van der Waals surface area contributed by atoms with Crippen molar-refractivity contribution in [1.82, 2.24) is 0 Å². The fourth-order valence-electron chi connectivity index (χ4n) is 3.49. The zero-order chi connectivity index (χ0) is 29.5. The topological polar surface area (TPSA) is 102 Å². The molecule has 0 bridgehead atoms. The Morgan fingerprint density at radius 2 is 1.49 bits per heavy atom. The summed E-state index contributed by atoms with van der Waals surface area (Å²) >= 11 is 4.84. The second kappa shape index (κ2) is 20.3. The van der Waals surface area contributed by atoms with Gasteiger partial charge < -0.3 is 14.2 Å². The van der Waals surface area contributed by atoms with Gasteiger partial charge in [0.25, 0.3) is 0 Å². The van der Waals surface area contributed by atoms with Gasteiger partial charge in [0.15, 0.2) is 0 Å². The van der Waals surface area contributed by atoms with Gasteiger partial charge in [-0.25, -0.2) is 13.0 Å². The van der Waals surface area contributed by atoms with Crippen LogP contribution in [0.25, 0.3) is 11.1 Å². The molecule has 0 heterocycles. The summed E-state index contributed by atoms with van der Waals surface area (Å²) in [6, 6.07) is 18.0. The zero-order valence-electron chi connectivity index (χ0n) is 25.1. The minimum Gasteiger partial charge on any atom is -0.491 e. The van der Waals surface area contributed by atoms with E-state index in [9.17, 15) is 26.7 Å². The number of halogens is 3. The van der Waals surface area contributed by atoms with E-state index in [1.165, 1.54) is 6.07 Å². The standard InChI is InChI=1S/C27H31BrF2NO6PS2.3Na/c1-18(2)12-13-36-26-11-9-22(15-24(26)31-40(3,34)35)21-7-4-19(5-8-21)16-39-17-20-6-10-25(23(28)14-20)37-38(32,33)27(29)30;;;/h4-11,14-15,18,27,31H,12-13,16-17H2,1-3H3,(H,32,33);;;. The van der Waals surface area contributed by atoms with Crippen LogP contribution in [-0.2, 0) is 26.1 Å². The third-order valence-corrected chi connectivity index (χ3v) is 8.76. The molecule has 3 radical (unpaired) electrons. The zero-order valence-corrected chi connectivity index (χ0v) is 35.3. The van der Waals surface area contributed by atoms with Gasteiger partial charge in [-0.3, -0.25) is 4.72 Å². The van der Waals surface area contributed by atoms with Crippen molar-refractivity contribution in [2.75, 3.05) is 17.6 Å². The van der Waals surface area contributed by atoms with Gasteiger partial charge in [-0.15, -0.1) is 0 Å². The molecule has 0 fully saturated rings. The van der Waals surface area contributed by atoms with E-state index in [4.69, 9.17) is 4.74 Å². The van der Waals surface area contributed by atoms with Crippen LogP contribution < -0.4 is 14.0 Å². The minimum absolute atomic E-state index is 0. The number of rotatable bonds is 14. The van der Waals surface area contributed by atoms with Crippen LogP contribution >= 0.6 is 35.3 Å². The average molecular weight is 748 g/mol. The van der Waals surface area contributed by atoms with Crippen LogP contribution in [-0.4, -0.2) is 121 Å². The molecule has 3 aromatic rings. The molecule has 221 valence electrons. The first-order valence-electron chi connectivity index (χ1n) is 12.2. The van der Waals surface area contributed by atoms with Crippen molar-refractivity contribution in [2.45, 2.75) is 37.9 Å². The molecule has 16 heteroatoms. The van der Waals surface area contributed by atoms with Gasteiger partial charge in [-0.1, -0.05) is 50.2 Å². The summed E-state index contributed by atoms with van der Waals surface area (Å²) in [5.41, 5.74) is 4.11. The summed E-state index contributed by atoms with van der Waals surface area (Å²) in [5.74, 6) is 2.14. The van der Waals surface area contributed by atoms with E-state index >= 15 is 0 Å². The van der Waals surface area contributed by atoms with Gasteiger partial charge in [0, 0.05) is 100 Å². The fourth-order valence-corrected chi connectivity index (χ4v) is 6.15. The van der Waals surface area contributed by atoms with Gasteiger partial charge in [0.2, 0.25) is 10.0 Å². The van der Waals surface area contributed by atoms with Gasteiger partial charge in [-0.05, 0) is 74.8 Å². The summed E-state index contributed by atoms with van der Waals surface area (Å²) in [5, 5.41) is 0. The van der Waals surface area contributed by atoms with Crippen molar-refractivity contribution in [3.63, 3.8) is 0 Å². The van der Waals surface area contributed by atoms with Crippen molar-refractivity contribution in [2.24, 2.45) is 5.92 Å². The van der Waals surface area contributed by atoms with Crippen molar-refractivity contribution in [1.29, 1.82) is 0 Å². The van der Waals surface area contributed by atoms with E-state index in [1.54, 1.807) is 36.0 Å². The van der Waals surface area contributed by atoms with Crippen LogP contribution in [0, 0.1) is 5.92 Å². The largest absolute Gasteiger partial charge is 0.491 e. The van der Waals surface area contributed by atoms with Crippen LogP contribution in [0.15, 0.2) is 65.1 Å². The fraction of sp³-hybridized carbons (Fsp3) is 0.333. The summed E-state index contributed by atoms with van der Waals surface area (Å²) < 4.78 is 73.8. The Hall–Kier alpha value is 0.890. The molecule has 0 aliphatic heterocycles.